The molecular weight excluding hydrogens is 727 g/mol. The Morgan fingerprint density at radius 1 is 0.792 bits per heavy atom. The monoisotopic (exact) mass is 775 g/mol. The van der Waals surface area contributed by atoms with Crippen LogP contribution in [0.15, 0.2) is 24.3 Å². The van der Waals surface area contributed by atoms with Crippen molar-refractivity contribution in [3.05, 3.63) is 47.5 Å². The number of hydrogen-bond acceptors (Lipinski definition) is 9. The molecule has 53 heavy (non-hydrogen) atoms. The lowest BCUT2D eigenvalue weighted by atomic mass is 9.94. The van der Waals surface area contributed by atoms with Gasteiger partial charge in [-0.3, -0.25) is 19.4 Å². The third-order valence-electron chi connectivity index (χ3n) is 10.7. The largest absolute Gasteiger partial charge is 0.329 e. The van der Waals surface area contributed by atoms with Crippen LogP contribution in [0.5, 0.6) is 0 Å². The highest BCUT2D eigenvalue weighted by Crippen LogP contribution is 2.32. The van der Waals surface area contributed by atoms with E-state index in [1.807, 2.05) is 0 Å². The van der Waals surface area contributed by atoms with Gasteiger partial charge in [0.05, 0.1) is 21.2 Å². The molecule has 0 bridgehead atoms. The van der Waals surface area contributed by atoms with Crippen molar-refractivity contribution < 1.29 is 27.2 Å². The highest BCUT2D eigenvalue weighted by atomic mass is 32.1. The molecule has 4 heterocycles. The lowest BCUT2D eigenvalue weighted by molar-refractivity contribution is -0.122. The number of aromatic nitrogens is 2. The minimum Gasteiger partial charge on any atom is -0.329 e. The van der Waals surface area contributed by atoms with Gasteiger partial charge >= 0.3 is 0 Å². The quantitative estimate of drug-likeness (QED) is 0.104. The predicted octanol–water partition coefficient (Wildman–Crippen LogP) is 8.30. The molecule has 288 valence electrons. The van der Waals surface area contributed by atoms with E-state index in [1.165, 1.54) is 50.7 Å². The van der Waals surface area contributed by atoms with Crippen molar-refractivity contribution in [3.8, 4) is 0 Å². The van der Waals surface area contributed by atoms with Crippen LogP contribution in [0.2, 0.25) is 0 Å². The molecule has 9 nitrogen and oxygen atoms in total. The van der Waals surface area contributed by atoms with Crippen molar-refractivity contribution in [2.75, 3.05) is 43.4 Å². The molecule has 4 N–H and O–H groups in total. The van der Waals surface area contributed by atoms with Crippen molar-refractivity contribution in [1.29, 1.82) is 0 Å². The summed E-state index contributed by atoms with van der Waals surface area (Å²) in [6.45, 7) is 6.27. The van der Waals surface area contributed by atoms with Crippen molar-refractivity contribution >= 4 is 65.2 Å². The first-order valence-corrected chi connectivity index (χ1v) is 20.6. The van der Waals surface area contributed by atoms with Crippen molar-refractivity contribution in [2.45, 2.75) is 96.1 Å². The average Bonchev–Trinajstić information content (AvgIpc) is 3.91. The van der Waals surface area contributed by atoms with Gasteiger partial charge in [-0.25, -0.2) is 27.5 Å². The van der Waals surface area contributed by atoms with Gasteiger partial charge in [-0.1, -0.05) is 61.7 Å². The third-order valence-corrected chi connectivity index (χ3v) is 12.5. The minimum absolute atomic E-state index is 0.0667. The number of piperidine rings is 2. The Labute approximate surface area is 315 Å². The summed E-state index contributed by atoms with van der Waals surface area (Å²) in [5.74, 6) is -3.09. The highest BCUT2D eigenvalue weighted by Gasteiger charge is 2.32. The van der Waals surface area contributed by atoms with Gasteiger partial charge in [0.25, 0.3) is 0 Å². The van der Waals surface area contributed by atoms with Gasteiger partial charge in [0.15, 0.2) is 21.9 Å². The molecule has 4 aromatic rings. The Bertz CT molecular complexity index is 1870. The number of nitrogens with one attached hydrogen (secondary N) is 2. The van der Waals surface area contributed by atoms with E-state index in [1.54, 1.807) is 0 Å². The number of benzene rings is 2. The second-order valence-corrected chi connectivity index (χ2v) is 16.5. The van der Waals surface area contributed by atoms with Crippen LogP contribution in [0.25, 0.3) is 20.4 Å². The SMILES string of the molecule is CCCCCC(CN)N1CCCC(C(=O)Nc2nc3c(F)cc(F)cc3s2)C1.O=C(Nc1nc2c(F)cc(F)cc2s1)C1CCCN(C2CCCC2)C1. The maximum atomic E-state index is 13.8. The minimum atomic E-state index is -0.714. The Balaban J connectivity index is 0.000000182. The summed E-state index contributed by atoms with van der Waals surface area (Å²) < 4.78 is 55.0. The van der Waals surface area contributed by atoms with Gasteiger partial charge in [0, 0.05) is 43.9 Å². The number of nitrogens with zero attached hydrogens (tertiary/aromatic N) is 4. The van der Waals surface area contributed by atoms with Crippen LogP contribution in [-0.4, -0.2) is 76.4 Å². The molecule has 1 aliphatic carbocycles. The van der Waals surface area contributed by atoms with Gasteiger partial charge < -0.3 is 16.4 Å². The molecule has 2 aliphatic heterocycles. The van der Waals surface area contributed by atoms with Crippen LogP contribution in [0, 0.1) is 35.1 Å². The summed E-state index contributed by atoms with van der Waals surface area (Å²) in [5, 5.41) is 6.25. The molecule has 3 atom stereocenters. The molecule has 0 radical (unpaired) electrons. The Kier molecular flexibility index (Phi) is 13.7. The molecule has 3 unspecified atom stereocenters. The van der Waals surface area contributed by atoms with Gasteiger partial charge in [-0.15, -0.1) is 0 Å². The van der Waals surface area contributed by atoms with Crippen molar-refractivity contribution in [1.82, 2.24) is 19.8 Å². The number of halogens is 4. The van der Waals surface area contributed by atoms with Crippen LogP contribution in [0.4, 0.5) is 27.8 Å². The summed E-state index contributed by atoms with van der Waals surface area (Å²) in [7, 11) is 0. The van der Waals surface area contributed by atoms with E-state index in [2.05, 4.69) is 37.3 Å². The van der Waals surface area contributed by atoms with E-state index >= 15 is 0 Å². The summed E-state index contributed by atoms with van der Waals surface area (Å²) in [6, 6.07) is 5.02. The summed E-state index contributed by atoms with van der Waals surface area (Å²) in [6.07, 6.45) is 13.3. The van der Waals surface area contributed by atoms with E-state index in [0.717, 1.165) is 93.0 Å². The molecule has 2 aromatic heterocycles. The Hall–Kier alpha value is -3.24. The first-order valence-electron chi connectivity index (χ1n) is 18.9. The van der Waals surface area contributed by atoms with Gasteiger partial charge in [0.2, 0.25) is 11.8 Å². The fourth-order valence-corrected chi connectivity index (χ4v) is 9.71. The van der Waals surface area contributed by atoms with E-state index in [0.29, 0.717) is 44.8 Å². The fourth-order valence-electron chi connectivity index (χ4n) is 7.89. The Morgan fingerprint density at radius 2 is 1.34 bits per heavy atom. The molecule has 3 aliphatic rings. The van der Waals surface area contributed by atoms with E-state index in [4.69, 9.17) is 5.73 Å². The van der Waals surface area contributed by atoms with Gasteiger partial charge in [-0.2, -0.15) is 0 Å². The molecule has 1 saturated carbocycles. The number of anilines is 2. The first-order chi connectivity index (χ1) is 25.6. The van der Waals surface area contributed by atoms with Gasteiger partial charge in [-0.05, 0) is 70.2 Å². The maximum absolute atomic E-state index is 13.8. The van der Waals surface area contributed by atoms with Crippen molar-refractivity contribution in [3.63, 3.8) is 0 Å². The zero-order valence-corrected chi connectivity index (χ0v) is 31.8. The lowest BCUT2D eigenvalue weighted by Gasteiger charge is -2.37. The van der Waals surface area contributed by atoms with Crippen LogP contribution in [-0.2, 0) is 9.59 Å². The predicted molar refractivity (Wildman–Crippen MR) is 204 cm³/mol. The number of fused-ring (bicyclic) bond motifs is 2. The molecule has 2 aromatic carbocycles. The van der Waals surface area contributed by atoms with E-state index in [9.17, 15) is 27.2 Å². The molecule has 15 heteroatoms. The molecule has 3 fully saturated rings. The van der Waals surface area contributed by atoms with E-state index in [-0.39, 0.29) is 34.7 Å². The van der Waals surface area contributed by atoms with Crippen LogP contribution in [0.3, 0.4) is 0 Å². The zero-order chi connectivity index (χ0) is 37.5. The number of hydrogen-bond donors (Lipinski definition) is 3. The van der Waals surface area contributed by atoms with E-state index < -0.39 is 23.3 Å². The van der Waals surface area contributed by atoms with Gasteiger partial charge in [0.1, 0.15) is 22.7 Å². The standard InChI is InChI=1S/C20H28F2N4OS.C18H21F2N3OS/c1-2-3-4-7-15(11-23)26-8-5-6-13(12-26)19(27)25-20-24-18-16(22)9-14(21)10-17(18)28-20;19-12-8-14(20)16-15(9-12)25-18(21-16)22-17(24)11-4-3-7-23(10-11)13-5-1-2-6-13/h9-10,13,15H,2-8,11-12,23H2,1H3,(H,24,25,27);8-9,11,13H,1-7,10H2,(H,21,22,24). The fraction of sp³-hybridized carbons (Fsp3) is 0.579. The second-order valence-electron chi connectivity index (χ2n) is 14.5. The molecule has 2 saturated heterocycles. The number of unbranched alkanes of at least 4 members (excludes halogenated alkanes) is 2. The average molecular weight is 776 g/mol. The normalized spacial score (nSPS) is 20.7. The summed E-state index contributed by atoms with van der Waals surface area (Å²) in [5.41, 5.74) is 6.18. The summed E-state index contributed by atoms with van der Waals surface area (Å²) in [4.78, 5) is 38.4. The lowest BCUT2D eigenvalue weighted by Crippen LogP contribution is -2.48. The number of likely N-dealkylation sites (tertiary alicyclic amines) is 2. The number of rotatable bonds is 11. The third kappa shape index (κ3) is 10.1. The molecule has 0 spiro atoms. The number of nitrogens with two attached hydrogens (primary N) is 1. The Morgan fingerprint density at radius 3 is 1.89 bits per heavy atom. The van der Waals surface area contributed by atoms with Crippen LogP contribution in [0.1, 0.15) is 84.0 Å². The smallest absolute Gasteiger partial charge is 0.230 e. The van der Waals surface area contributed by atoms with Crippen LogP contribution < -0.4 is 16.4 Å². The first kappa shape index (κ1) is 39.5. The molecular formula is C38H49F4N7O2S2. The number of carbonyl (C=O) groups is 2. The van der Waals surface area contributed by atoms with Crippen molar-refractivity contribution in [2.24, 2.45) is 17.6 Å². The zero-order valence-electron chi connectivity index (χ0n) is 30.2. The second kappa shape index (κ2) is 18.4. The topological polar surface area (TPSA) is 116 Å². The molecule has 2 amide bonds. The number of carbonyl (C=O) groups excluding carboxylic acids is 2. The number of amides is 2. The molecule has 7 rings (SSSR count). The van der Waals surface area contributed by atoms with Crippen LogP contribution >= 0.6 is 22.7 Å². The highest BCUT2D eigenvalue weighted by molar-refractivity contribution is 7.22. The summed E-state index contributed by atoms with van der Waals surface area (Å²) >= 11 is 2.19. The number of thiazole rings is 2. The maximum Gasteiger partial charge on any atom is 0.230 e.